The molecule has 5 heteroatoms. The highest BCUT2D eigenvalue weighted by Gasteiger charge is 2.13. The summed E-state index contributed by atoms with van der Waals surface area (Å²) in [6.45, 7) is 5.27. The van der Waals surface area contributed by atoms with Gasteiger partial charge >= 0.3 is 0 Å². The molecule has 4 nitrogen and oxygen atoms in total. The Balaban J connectivity index is 1.49. The van der Waals surface area contributed by atoms with Gasteiger partial charge in [-0.1, -0.05) is 48.5 Å². The van der Waals surface area contributed by atoms with Crippen molar-refractivity contribution in [2.24, 2.45) is 0 Å². The molecule has 0 aliphatic carbocycles. The molecule has 0 unspecified atom stereocenters. The number of nitrogens with one attached hydrogen (secondary N) is 1. The molecule has 0 saturated carbocycles. The summed E-state index contributed by atoms with van der Waals surface area (Å²) in [6.07, 6.45) is 3.75. The molecule has 0 fully saturated rings. The van der Waals surface area contributed by atoms with E-state index in [2.05, 4.69) is 46.8 Å². The fourth-order valence-electron chi connectivity index (χ4n) is 3.45. The van der Waals surface area contributed by atoms with E-state index in [0.29, 0.717) is 6.54 Å². The number of thiophene rings is 1. The molecule has 0 radical (unpaired) electrons. The van der Waals surface area contributed by atoms with E-state index in [1.807, 2.05) is 49.0 Å². The minimum Gasteiger partial charge on any atom is -0.348 e. The molecule has 2 aromatic heterocycles. The Kier molecular flexibility index (Phi) is 5.58. The van der Waals surface area contributed by atoms with Crippen molar-refractivity contribution in [3.05, 3.63) is 99.5 Å². The predicted octanol–water partition coefficient (Wildman–Crippen LogP) is 5.21. The average Bonchev–Trinajstić information content (AvgIpc) is 3.36. The topological polar surface area (TPSA) is 46.9 Å². The molecule has 2 heterocycles. The standard InChI is InChI=1S/C24H23N3OS/c1-17-14-23(18(2)29-17)24(28)25-15-21-6-3-4-7-22(21)20-10-8-19(9-11-20)16-27-13-5-12-26-27/h3-14H,15-16H2,1-2H3,(H,25,28). The maximum Gasteiger partial charge on any atom is 0.252 e. The molecule has 146 valence electrons. The molecule has 4 aromatic rings. The lowest BCUT2D eigenvalue weighted by Crippen LogP contribution is -2.23. The molecule has 0 saturated heterocycles. The van der Waals surface area contributed by atoms with Crippen molar-refractivity contribution in [3.63, 3.8) is 0 Å². The second-order valence-electron chi connectivity index (χ2n) is 7.07. The van der Waals surface area contributed by atoms with Crippen LogP contribution < -0.4 is 5.32 Å². The lowest BCUT2D eigenvalue weighted by Gasteiger charge is -2.12. The van der Waals surface area contributed by atoms with Gasteiger partial charge in [-0.2, -0.15) is 5.10 Å². The molecular formula is C24H23N3OS. The number of aryl methyl sites for hydroxylation is 2. The molecule has 2 aromatic carbocycles. The molecule has 0 atom stereocenters. The lowest BCUT2D eigenvalue weighted by atomic mass is 9.98. The van der Waals surface area contributed by atoms with Crippen molar-refractivity contribution in [2.75, 3.05) is 0 Å². The molecule has 1 amide bonds. The largest absolute Gasteiger partial charge is 0.348 e. The third-order valence-electron chi connectivity index (χ3n) is 4.91. The summed E-state index contributed by atoms with van der Waals surface area (Å²) >= 11 is 1.65. The first-order chi connectivity index (χ1) is 14.1. The smallest absolute Gasteiger partial charge is 0.252 e. The van der Waals surface area contributed by atoms with Crippen LogP contribution in [0.1, 0.15) is 31.2 Å². The normalized spacial score (nSPS) is 10.8. The molecule has 29 heavy (non-hydrogen) atoms. The van der Waals surface area contributed by atoms with Gasteiger partial charge in [0.15, 0.2) is 0 Å². The molecule has 0 aliphatic heterocycles. The third-order valence-corrected chi connectivity index (χ3v) is 5.88. The number of benzene rings is 2. The van der Waals surface area contributed by atoms with Crippen molar-refractivity contribution in [3.8, 4) is 11.1 Å². The van der Waals surface area contributed by atoms with Gasteiger partial charge in [0.1, 0.15) is 0 Å². The van der Waals surface area contributed by atoms with E-state index in [0.717, 1.165) is 38.6 Å². The summed E-state index contributed by atoms with van der Waals surface area (Å²) in [5.74, 6) is -0.0174. The van der Waals surface area contributed by atoms with Crippen molar-refractivity contribution < 1.29 is 4.79 Å². The number of hydrogen-bond donors (Lipinski definition) is 1. The SMILES string of the molecule is Cc1cc(C(=O)NCc2ccccc2-c2ccc(Cn3cccn3)cc2)c(C)s1. The van der Waals surface area contributed by atoms with Crippen LogP contribution in [0, 0.1) is 13.8 Å². The van der Waals surface area contributed by atoms with E-state index in [4.69, 9.17) is 0 Å². The summed E-state index contributed by atoms with van der Waals surface area (Å²) < 4.78 is 1.91. The third kappa shape index (κ3) is 4.46. The molecule has 1 N–H and O–H groups in total. The van der Waals surface area contributed by atoms with Crippen LogP contribution in [0.25, 0.3) is 11.1 Å². The van der Waals surface area contributed by atoms with Gasteiger partial charge in [0.25, 0.3) is 5.91 Å². The number of nitrogens with zero attached hydrogens (tertiary/aromatic N) is 2. The first-order valence-electron chi connectivity index (χ1n) is 9.60. The Morgan fingerprint density at radius 2 is 1.86 bits per heavy atom. The fraction of sp³-hybridized carbons (Fsp3) is 0.167. The second-order valence-corrected chi connectivity index (χ2v) is 8.53. The highest BCUT2D eigenvalue weighted by molar-refractivity contribution is 7.12. The van der Waals surface area contributed by atoms with Crippen LogP contribution in [0.3, 0.4) is 0 Å². The average molecular weight is 402 g/mol. The van der Waals surface area contributed by atoms with Crippen LogP contribution in [0.5, 0.6) is 0 Å². The Morgan fingerprint density at radius 1 is 1.07 bits per heavy atom. The first kappa shape index (κ1) is 19.2. The molecular weight excluding hydrogens is 378 g/mol. The monoisotopic (exact) mass is 401 g/mol. The first-order valence-corrected chi connectivity index (χ1v) is 10.4. The zero-order chi connectivity index (χ0) is 20.2. The van der Waals surface area contributed by atoms with E-state index < -0.39 is 0 Å². The predicted molar refractivity (Wildman–Crippen MR) is 118 cm³/mol. The van der Waals surface area contributed by atoms with E-state index in [1.165, 1.54) is 5.56 Å². The van der Waals surface area contributed by atoms with Crippen molar-refractivity contribution in [1.29, 1.82) is 0 Å². The van der Waals surface area contributed by atoms with Gasteiger partial charge in [-0.3, -0.25) is 9.48 Å². The highest BCUT2D eigenvalue weighted by atomic mass is 32.1. The highest BCUT2D eigenvalue weighted by Crippen LogP contribution is 2.25. The molecule has 4 rings (SSSR count). The van der Waals surface area contributed by atoms with E-state index in [-0.39, 0.29) is 5.91 Å². The van der Waals surface area contributed by atoms with Gasteiger partial charge in [-0.05, 0) is 48.2 Å². The molecule has 0 aliphatic rings. The summed E-state index contributed by atoms with van der Waals surface area (Å²) in [5, 5.41) is 7.33. The maximum absolute atomic E-state index is 12.6. The number of carbonyl (C=O) groups is 1. The summed E-state index contributed by atoms with van der Waals surface area (Å²) in [5.41, 5.74) is 5.35. The Morgan fingerprint density at radius 3 is 2.55 bits per heavy atom. The number of amides is 1. The summed E-state index contributed by atoms with van der Waals surface area (Å²) in [4.78, 5) is 14.8. The minimum atomic E-state index is -0.0174. The van der Waals surface area contributed by atoms with Gasteiger partial charge in [0.05, 0.1) is 12.1 Å². The van der Waals surface area contributed by atoms with Gasteiger partial charge in [0.2, 0.25) is 0 Å². The molecule has 0 bridgehead atoms. The quantitative estimate of drug-likeness (QED) is 0.482. The van der Waals surface area contributed by atoms with Gasteiger partial charge < -0.3 is 5.32 Å². The van der Waals surface area contributed by atoms with Crippen LogP contribution in [-0.2, 0) is 13.1 Å². The lowest BCUT2D eigenvalue weighted by molar-refractivity contribution is 0.0951. The van der Waals surface area contributed by atoms with Crippen LogP contribution >= 0.6 is 11.3 Å². The van der Waals surface area contributed by atoms with Gasteiger partial charge in [-0.15, -0.1) is 11.3 Å². The van der Waals surface area contributed by atoms with E-state index >= 15 is 0 Å². The molecule has 0 spiro atoms. The number of aromatic nitrogens is 2. The summed E-state index contributed by atoms with van der Waals surface area (Å²) in [6, 6.07) is 20.6. The van der Waals surface area contributed by atoms with Crippen molar-refractivity contribution in [1.82, 2.24) is 15.1 Å². The van der Waals surface area contributed by atoms with Gasteiger partial charge in [0, 0.05) is 28.7 Å². The fourth-order valence-corrected chi connectivity index (χ4v) is 4.38. The van der Waals surface area contributed by atoms with Crippen LogP contribution in [-0.4, -0.2) is 15.7 Å². The van der Waals surface area contributed by atoms with E-state index in [1.54, 1.807) is 17.5 Å². The zero-order valence-corrected chi connectivity index (χ0v) is 17.4. The Hall–Kier alpha value is -3.18. The van der Waals surface area contributed by atoms with Crippen LogP contribution in [0.2, 0.25) is 0 Å². The maximum atomic E-state index is 12.6. The van der Waals surface area contributed by atoms with E-state index in [9.17, 15) is 4.79 Å². The second kappa shape index (κ2) is 8.45. The minimum absolute atomic E-state index is 0.0174. The van der Waals surface area contributed by atoms with Crippen LogP contribution in [0.4, 0.5) is 0 Å². The van der Waals surface area contributed by atoms with Crippen molar-refractivity contribution >= 4 is 17.2 Å². The van der Waals surface area contributed by atoms with Gasteiger partial charge in [-0.25, -0.2) is 0 Å². The summed E-state index contributed by atoms with van der Waals surface area (Å²) in [7, 11) is 0. The van der Waals surface area contributed by atoms with Crippen LogP contribution in [0.15, 0.2) is 73.1 Å². The van der Waals surface area contributed by atoms with Crippen molar-refractivity contribution in [2.45, 2.75) is 26.9 Å². The Bertz CT molecular complexity index is 1110. The number of hydrogen-bond acceptors (Lipinski definition) is 3. The Labute approximate surface area is 174 Å². The zero-order valence-electron chi connectivity index (χ0n) is 16.6. The number of rotatable bonds is 6. The number of carbonyl (C=O) groups excluding carboxylic acids is 1.